The van der Waals surface area contributed by atoms with Gasteiger partial charge in [-0.1, -0.05) is 23.8 Å². The Hall–Kier alpha value is -2.91. The highest BCUT2D eigenvalue weighted by Crippen LogP contribution is 2.25. The van der Waals surface area contributed by atoms with Crippen LogP contribution in [0, 0.1) is 25.2 Å². The van der Waals surface area contributed by atoms with Crippen molar-refractivity contribution < 1.29 is 14.6 Å². The third-order valence-electron chi connectivity index (χ3n) is 4.04. The van der Waals surface area contributed by atoms with Gasteiger partial charge < -0.3 is 9.84 Å². The molecular formula is C19H20N2O4. The second-order valence-corrected chi connectivity index (χ2v) is 5.81. The van der Waals surface area contributed by atoms with E-state index in [1.807, 2.05) is 19.1 Å². The molecule has 0 bridgehead atoms. The number of methoxy groups -OCH3 is 1. The van der Waals surface area contributed by atoms with Crippen LogP contribution in [0.2, 0.25) is 0 Å². The zero-order chi connectivity index (χ0) is 18.6. The van der Waals surface area contributed by atoms with E-state index >= 15 is 0 Å². The molecule has 0 radical (unpaired) electrons. The van der Waals surface area contributed by atoms with Crippen molar-refractivity contribution in [2.75, 3.05) is 13.7 Å². The number of benzene rings is 1. The zero-order valence-electron chi connectivity index (χ0n) is 14.5. The largest absolute Gasteiger partial charge is 0.494 e. The summed E-state index contributed by atoms with van der Waals surface area (Å²) in [6.07, 6.45) is 0.468. The van der Waals surface area contributed by atoms with Gasteiger partial charge in [-0.3, -0.25) is 14.2 Å². The third kappa shape index (κ3) is 3.62. The van der Waals surface area contributed by atoms with Crippen LogP contribution in [0.15, 0.2) is 29.1 Å². The third-order valence-corrected chi connectivity index (χ3v) is 4.04. The summed E-state index contributed by atoms with van der Waals surface area (Å²) in [7, 11) is 1.53. The van der Waals surface area contributed by atoms with Crippen molar-refractivity contribution in [3.63, 3.8) is 0 Å². The molecule has 0 saturated carbocycles. The summed E-state index contributed by atoms with van der Waals surface area (Å²) < 4.78 is 6.02. The van der Waals surface area contributed by atoms with E-state index in [4.69, 9.17) is 4.74 Å². The molecule has 0 aliphatic rings. The predicted octanol–water partition coefficient (Wildman–Crippen LogP) is 2.31. The zero-order valence-corrected chi connectivity index (χ0v) is 14.5. The maximum absolute atomic E-state index is 12.9. The summed E-state index contributed by atoms with van der Waals surface area (Å²) in [6, 6.07) is 8.80. The highest BCUT2D eigenvalue weighted by Gasteiger charge is 2.24. The highest BCUT2D eigenvalue weighted by atomic mass is 16.5. The van der Waals surface area contributed by atoms with Crippen LogP contribution < -0.4 is 5.56 Å². The molecule has 0 aliphatic carbocycles. The summed E-state index contributed by atoms with van der Waals surface area (Å²) >= 11 is 0. The van der Waals surface area contributed by atoms with Crippen LogP contribution in [0.25, 0.3) is 0 Å². The molecule has 0 unspecified atom stereocenters. The van der Waals surface area contributed by atoms with Gasteiger partial charge in [0.25, 0.3) is 5.56 Å². The summed E-state index contributed by atoms with van der Waals surface area (Å²) in [5, 5.41) is 19.9. The molecule has 6 heteroatoms. The number of carbonyl (C=O) groups excluding carboxylic acids is 1. The van der Waals surface area contributed by atoms with E-state index in [0.717, 1.165) is 10.1 Å². The van der Waals surface area contributed by atoms with Crippen LogP contribution in [0.4, 0.5) is 0 Å². The maximum atomic E-state index is 12.9. The maximum Gasteiger partial charge on any atom is 0.271 e. The van der Waals surface area contributed by atoms with E-state index in [1.54, 1.807) is 18.2 Å². The standard InChI is InChI=1S/C19H20N2O4/c1-12-6-4-7-14(10-12)17(22)16-13(2)15(11-20)18(23)21(19(16)24)8-5-9-25-3/h4,6-7,10,24H,5,8-9H2,1-3H3. The molecule has 2 rings (SSSR count). The van der Waals surface area contributed by atoms with Gasteiger partial charge >= 0.3 is 0 Å². The number of aromatic nitrogens is 1. The monoisotopic (exact) mass is 340 g/mol. The van der Waals surface area contributed by atoms with E-state index in [0.29, 0.717) is 18.6 Å². The van der Waals surface area contributed by atoms with Crippen LogP contribution in [-0.2, 0) is 11.3 Å². The number of aryl methyl sites for hydroxylation is 1. The predicted molar refractivity (Wildman–Crippen MR) is 92.9 cm³/mol. The Morgan fingerprint density at radius 2 is 2.08 bits per heavy atom. The van der Waals surface area contributed by atoms with Gasteiger partial charge in [0.15, 0.2) is 5.78 Å². The summed E-state index contributed by atoms with van der Waals surface area (Å²) in [5.41, 5.74) is 0.737. The van der Waals surface area contributed by atoms with Crippen LogP contribution >= 0.6 is 0 Å². The van der Waals surface area contributed by atoms with Gasteiger partial charge in [-0.05, 0) is 31.9 Å². The first-order chi connectivity index (χ1) is 11.9. The first kappa shape index (κ1) is 18.4. The average molecular weight is 340 g/mol. The lowest BCUT2D eigenvalue weighted by molar-refractivity contribution is 0.103. The average Bonchev–Trinajstić information content (AvgIpc) is 2.58. The number of hydrogen-bond donors (Lipinski definition) is 1. The number of nitriles is 1. The van der Waals surface area contributed by atoms with Crippen molar-refractivity contribution in [1.82, 2.24) is 4.57 Å². The number of carbonyl (C=O) groups is 1. The fourth-order valence-electron chi connectivity index (χ4n) is 2.73. The van der Waals surface area contributed by atoms with Crippen LogP contribution in [-0.4, -0.2) is 29.2 Å². The Balaban J connectivity index is 2.64. The number of rotatable bonds is 6. The molecule has 1 aromatic carbocycles. The van der Waals surface area contributed by atoms with E-state index in [2.05, 4.69) is 0 Å². The van der Waals surface area contributed by atoms with Crippen molar-refractivity contribution in [1.29, 1.82) is 5.26 Å². The van der Waals surface area contributed by atoms with E-state index in [1.165, 1.54) is 14.0 Å². The lowest BCUT2D eigenvalue weighted by atomic mass is 9.96. The minimum Gasteiger partial charge on any atom is -0.494 e. The first-order valence-corrected chi connectivity index (χ1v) is 7.89. The van der Waals surface area contributed by atoms with Crippen molar-refractivity contribution in [3.05, 3.63) is 62.4 Å². The Labute approximate surface area is 145 Å². The van der Waals surface area contributed by atoms with E-state index in [9.17, 15) is 20.0 Å². The smallest absolute Gasteiger partial charge is 0.271 e. The van der Waals surface area contributed by atoms with E-state index in [-0.39, 0.29) is 23.2 Å². The SMILES string of the molecule is COCCCn1c(O)c(C(=O)c2cccc(C)c2)c(C)c(C#N)c1=O. The molecule has 0 saturated heterocycles. The van der Waals surface area contributed by atoms with Gasteiger partial charge in [0.05, 0.1) is 5.56 Å². The fourth-order valence-corrected chi connectivity index (χ4v) is 2.73. The summed E-state index contributed by atoms with van der Waals surface area (Å²) in [5.74, 6) is -0.834. The van der Waals surface area contributed by atoms with Gasteiger partial charge in [0.2, 0.25) is 5.88 Å². The van der Waals surface area contributed by atoms with Gasteiger partial charge in [-0.2, -0.15) is 5.26 Å². The van der Waals surface area contributed by atoms with Gasteiger partial charge in [0.1, 0.15) is 11.6 Å². The molecule has 130 valence electrons. The molecule has 0 atom stereocenters. The molecule has 0 amide bonds. The topological polar surface area (TPSA) is 92.3 Å². The molecular weight excluding hydrogens is 320 g/mol. The van der Waals surface area contributed by atoms with Crippen molar-refractivity contribution >= 4 is 5.78 Å². The quantitative estimate of drug-likeness (QED) is 0.643. The normalized spacial score (nSPS) is 10.5. The Bertz CT molecular complexity index is 907. The molecule has 1 heterocycles. The first-order valence-electron chi connectivity index (χ1n) is 7.89. The van der Waals surface area contributed by atoms with Crippen LogP contribution in [0.3, 0.4) is 0 Å². The molecule has 1 N–H and O–H groups in total. The molecule has 2 aromatic rings. The molecule has 0 spiro atoms. The molecule has 25 heavy (non-hydrogen) atoms. The Morgan fingerprint density at radius 3 is 2.68 bits per heavy atom. The van der Waals surface area contributed by atoms with E-state index < -0.39 is 17.2 Å². The second kappa shape index (κ2) is 7.77. The van der Waals surface area contributed by atoms with Gasteiger partial charge in [0, 0.05) is 25.8 Å². The second-order valence-electron chi connectivity index (χ2n) is 5.81. The summed E-state index contributed by atoms with van der Waals surface area (Å²) in [4.78, 5) is 25.3. The van der Waals surface area contributed by atoms with Crippen LogP contribution in [0.1, 0.15) is 39.0 Å². The number of ketones is 1. The highest BCUT2D eigenvalue weighted by molar-refractivity contribution is 6.11. The summed E-state index contributed by atoms with van der Waals surface area (Å²) in [6.45, 7) is 3.91. The minimum absolute atomic E-state index is 0.0147. The number of hydrogen-bond acceptors (Lipinski definition) is 5. The van der Waals surface area contributed by atoms with Crippen LogP contribution in [0.5, 0.6) is 5.88 Å². The number of aromatic hydroxyl groups is 1. The fraction of sp³-hybridized carbons (Fsp3) is 0.316. The lowest BCUT2D eigenvalue weighted by Gasteiger charge is -2.15. The van der Waals surface area contributed by atoms with Crippen molar-refractivity contribution in [2.24, 2.45) is 0 Å². The molecule has 1 aromatic heterocycles. The molecule has 6 nitrogen and oxygen atoms in total. The number of pyridine rings is 1. The van der Waals surface area contributed by atoms with Gasteiger partial charge in [-0.15, -0.1) is 0 Å². The Kier molecular flexibility index (Phi) is 5.73. The minimum atomic E-state index is -0.602. The van der Waals surface area contributed by atoms with Gasteiger partial charge in [-0.25, -0.2) is 0 Å². The molecule has 0 aliphatic heterocycles. The Morgan fingerprint density at radius 1 is 1.36 bits per heavy atom. The van der Waals surface area contributed by atoms with Crippen molar-refractivity contribution in [2.45, 2.75) is 26.8 Å². The number of nitrogens with zero attached hydrogens (tertiary/aromatic N) is 2. The number of ether oxygens (including phenoxy) is 1. The lowest BCUT2D eigenvalue weighted by Crippen LogP contribution is -2.27. The molecule has 0 fully saturated rings. The van der Waals surface area contributed by atoms with Crippen molar-refractivity contribution in [3.8, 4) is 11.9 Å².